The summed E-state index contributed by atoms with van der Waals surface area (Å²) in [5.74, 6) is 0.0746. The first-order valence-corrected chi connectivity index (χ1v) is 3.95. The summed E-state index contributed by atoms with van der Waals surface area (Å²) in [6.45, 7) is 1.69. The van der Waals surface area contributed by atoms with E-state index in [1.165, 1.54) is 0 Å². The zero-order chi connectivity index (χ0) is 8.97. The van der Waals surface area contributed by atoms with E-state index in [1.54, 1.807) is 19.1 Å². The monoisotopic (exact) mass is 164 g/mol. The molecule has 0 aliphatic rings. The standard InChI is InChI=1S/C10H12O2/c1-8(12)10-4-2-9(3-5-10)6-7-11/h2-5,11H,6-7H2,1H3. The van der Waals surface area contributed by atoms with Crippen LogP contribution in [0.25, 0.3) is 0 Å². The summed E-state index contributed by atoms with van der Waals surface area (Å²) in [5, 5.41) is 8.63. The van der Waals surface area contributed by atoms with E-state index in [-0.39, 0.29) is 12.4 Å². The number of aliphatic hydroxyl groups excluding tert-OH is 1. The lowest BCUT2D eigenvalue weighted by atomic mass is 10.1. The average Bonchev–Trinajstić information content (AvgIpc) is 2.06. The lowest BCUT2D eigenvalue weighted by Crippen LogP contribution is -1.94. The van der Waals surface area contributed by atoms with Crippen LogP contribution in [0.2, 0.25) is 0 Å². The molecule has 0 spiro atoms. The van der Waals surface area contributed by atoms with E-state index >= 15 is 0 Å². The molecule has 0 bridgehead atoms. The Hall–Kier alpha value is -1.15. The first kappa shape index (κ1) is 8.94. The molecule has 64 valence electrons. The summed E-state index contributed by atoms with van der Waals surface area (Å²) in [4.78, 5) is 10.9. The van der Waals surface area contributed by atoms with Crippen molar-refractivity contribution in [3.05, 3.63) is 35.4 Å². The molecule has 1 N–H and O–H groups in total. The van der Waals surface area contributed by atoms with Crippen LogP contribution in [-0.2, 0) is 6.42 Å². The van der Waals surface area contributed by atoms with Gasteiger partial charge in [-0.15, -0.1) is 0 Å². The Morgan fingerprint density at radius 3 is 2.33 bits per heavy atom. The van der Waals surface area contributed by atoms with Gasteiger partial charge in [-0.05, 0) is 18.9 Å². The summed E-state index contributed by atoms with van der Waals surface area (Å²) >= 11 is 0. The smallest absolute Gasteiger partial charge is 0.159 e. The first-order chi connectivity index (χ1) is 5.74. The number of rotatable bonds is 3. The van der Waals surface area contributed by atoms with Gasteiger partial charge in [0.15, 0.2) is 5.78 Å². The molecular weight excluding hydrogens is 152 g/mol. The summed E-state index contributed by atoms with van der Waals surface area (Å²) in [6, 6.07) is 7.31. The predicted molar refractivity (Wildman–Crippen MR) is 47.2 cm³/mol. The van der Waals surface area contributed by atoms with E-state index in [4.69, 9.17) is 5.11 Å². The summed E-state index contributed by atoms with van der Waals surface area (Å²) in [5.41, 5.74) is 1.78. The van der Waals surface area contributed by atoms with Crippen molar-refractivity contribution < 1.29 is 9.90 Å². The molecule has 0 amide bonds. The summed E-state index contributed by atoms with van der Waals surface area (Å²) < 4.78 is 0. The number of carbonyl (C=O) groups excluding carboxylic acids is 1. The zero-order valence-electron chi connectivity index (χ0n) is 7.08. The highest BCUT2D eigenvalue weighted by atomic mass is 16.2. The predicted octanol–water partition coefficient (Wildman–Crippen LogP) is 1.42. The van der Waals surface area contributed by atoms with Gasteiger partial charge in [0.1, 0.15) is 0 Å². The van der Waals surface area contributed by atoms with E-state index in [1.807, 2.05) is 12.1 Å². The molecule has 1 aromatic carbocycles. The molecule has 12 heavy (non-hydrogen) atoms. The molecular formula is C10H12O2. The second-order valence-electron chi connectivity index (χ2n) is 2.73. The largest absolute Gasteiger partial charge is 0.396 e. The van der Waals surface area contributed by atoms with E-state index in [9.17, 15) is 4.79 Å². The third-order valence-electron chi connectivity index (χ3n) is 1.76. The maximum atomic E-state index is 10.9. The fourth-order valence-corrected chi connectivity index (χ4v) is 1.04. The van der Waals surface area contributed by atoms with Crippen LogP contribution in [-0.4, -0.2) is 17.5 Å². The second kappa shape index (κ2) is 4.02. The number of benzene rings is 1. The first-order valence-electron chi connectivity index (χ1n) is 3.95. The van der Waals surface area contributed by atoms with Gasteiger partial charge >= 0.3 is 0 Å². The van der Waals surface area contributed by atoms with Crippen molar-refractivity contribution >= 4 is 5.78 Å². The average molecular weight is 164 g/mol. The van der Waals surface area contributed by atoms with Gasteiger partial charge < -0.3 is 5.11 Å². The maximum absolute atomic E-state index is 10.9. The van der Waals surface area contributed by atoms with Crippen LogP contribution in [0.5, 0.6) is 0 Å². The summed E-state index contributed by atoms with van der Waals surface area (Å²) in [6.07, 6.45) is 0.651. The van der Waals surface area contributed by atoms with Crippen LogP contribution in [0.1, 0.15) is 22.8 Å². The quantitative estimate of drug-likeness (QED) is 0.686. The number of aliphatic hydroxyl groups is 1. The van der Waals surface area contributed by atoms with Crippen LogP contribution in [0.15, 0.2) is 24.3 Å². The second-order valence-corrected chi connectivity index (χ2v) is 2.73. The third-order valence-corrected chi connectivity index (χ3v) is 1.76. The number of hydrogen-bond acceptors (Lipinski definition) is 2. The molecule has 0 aliphatic heterocycles. The minimum Gasteiger partial charge on any atom is -0.396 e. The highest BCUT2D eigenvalue weighted by Crippen LogP contribution is 2.05. The molecule has 0 heterocycles. The third kappa shape index (κ3) is 2.17. The van der Waals surface area contributed by atoms with Crippen molar-refractivity contribution in [2.75, 3.05) is 6.61 Å². The Morgan fingerprint density at radius 2 is 1.92 bits per heavy atom. The Bertz CT molecular complexity index is 262. The van der Waals surface area contributed by atoms with Crippen molar-refractivity contribution in [1.82, 2.24) is 0 Å². The molecule has 0 atom stereocenters. The molecule has 0 fully saturated rings. The van der Waals surface area contributed by atoms with E-state index in [2.05, 4.69) is 0 Å². The highest BCUT2D eigenvalue weighted by Gasteiger charge is 1.97. The van der Waals surface area contributed by atoms with Gasteiger partial charge in [0, 0.05) is 12.2 Å². The van der Waals surface area contributed by atoms with Gasteiger partial charge in [0.25, 0.3) is 0 Å². The lowest BCUT2D eigenvalue weighted by Gasteiger charge is -1.98. The van der Waals surface area contributed by atoms with Crippen LogP contribution in [0.3, 0.4) is 0 Å². The van der Waals surface area contributed by atoms with Crippen molar-refractivity contribution in [3.63, 3.8) is 0 Å². The fourth-order valence-electron chi connectivity index (χ4n) is 1.04. The SMILES string of the molecule is CC(=O)c1ccc(CCO)cc1. The molecule has 0 radical (unpaired) electrons. The molecule has 2 nitrogen and oxygen atoms in total. The van der Waals surface area contributed by atoms with Crippen molar-refractivity contribution in [2.45, 2.75) is 13.3 Å². The Labute approximate surface area is 71.8 Å². The van der Waals surface area contributed by atoms with Gasteiger partial charge in [-0.25, -0.2) is 0 Å². The summed E-state index contributed by atoms with van der Waals surface area (Å²) in [7, 11) is 0. The molecule has 0 aliphatic carbocycles. The number of Topliss-reactive ketones (excluding diaryl/α,β-unsaturated/α-hetero) is 1. The highest BCUT2D eigenvalue weighted by molar-refractivity contribution is 5.93. The zero-order valence-corrected chi connectivity index (χ0v) is 7.08. The van der Waals surface area contributed by atoms with E-state index in [0.29, 0.717) is 6.42 Å². The minimum absolute atomic E-state index is 0.0746. The van der Waals surface area contributed by atoms with Gasteiger partial charge in [0.05, 0.1) is 0 Å². The Balaban J connectivity index is 2.78. The van der Waals surface area contributed by atoms with Crippen LogP contribution >= 0.6 is 0 Å². The van der Waals surface area contributed by atoms with Crippen LogP contribution in [0, 0.1) is 0 Å². The van der Waals surface area contributed by atoms with Crippen LogP contribution in [0.4, 0.5) is 0 Å². The maximum Gasteiger partial charge on any atom is 0.159 e. The van der Waals surface area contributed by atoms with Gasteiger partial charge in [-0.3, -0.25) is 4.79 Å². The van der Waals surface area contributed by atoms with Crippen molar-refractivity contribution in [2.24, 2.45) is 0 Å². The molecule has 0 saturated heterocycles. The molecule has 0 aromatic heterocycles. The van der Waals surface area contributed by atoms with Gasteiger partial charge in [0.2, 0.25) is 0 Å². The van der Waals surface area contributed by atoms with E-state index < -0.39 is 0 Å². The van der Waals surface area contributed by atoms with Gasteiger partial charge in [-0.1, -0.05) is 24.3 Å². The lowest BCUT2D eigenvalue weighted by molar-refractivity contribution is 0.101. The van der Waals surface area contributed by atoms with Crippen LogP contribution < -0.4 is 0 Å². The molecule has 2 heteroatoms. The molecule has 0 saturated carbocycles. The number of hydrogen-bond donors (Lipinski definition) is 1. The minimum atomic E-state index is 0.0746. The Kier molecular flexibility index (Phi) is 3.00. The van der Waals surface area contributed by atoms with Crippen molar-refractivity contribution in [3.8, 4) is 0 Å². The Morgan fingerprint density at radius 1 is 1.33 bits per heavy atom. The number of carbonyl (C=O) groups is 1. The normalized spacial score (nSPS) is 9.83. The fraction of sp³-hybridized carbons (Fsp3) is 0.300. The number of ketones is 1. The molecule has 1 aromatic rings. The molecule has 0 unspecified atom stereocenters. The molecule has 1 rings (SSSR count). The van der Waals surface area contributed by atoms with Crippen molar-refractivity contribution in [1.29, 1.82) is 0 Å². The van der Waals surface area contributed by atoms with E-state index in [0.717, 1.165) is 11.1 Å². The van der Waals surface area contributed by atoms with Gasteiger partial charge in [-0.2, -0.15) is 0 Å². The topological polar surface area (TPSA) is 37.3 Å².